The Balaban J connectivity index is 4.05. The number of carboxylic acid groups (broad SMARTS) is 1. The van der Waals surface area contributed by atoms with Crippen molar-refractivity contribution in [3.05, 3.63) is 0 Å². The summed E-state index contributed by atoms with van der Waals surface area (Å²) < 4.78 is 28.1. The molecule has 0 bridgehead atoms. The van der Waals surface area contributed by atoms with Crippen LogP contribution in [0, 0.1) is 10.8 Å². The van der Waals surface area contributed by atoms with E-state index in [4.69, 9.17) is 15.0 Å². The number of carboxylic acids is 1. The van der Waals surface area contributed by atoms with Crippen molar-refractivity contribution in [2.45, 2.75) is 130 Å². The molecule has 0 aromatic heterocycles. The van der Waals surface area contributed by atoms with Crippen LogP contribution in [0.3, 0.4) is 0 Å². The standard InChI is InChI=1S/C26H53NO5S/c1-5-25(6-2,19-11-14-23-33(27,30)31)17-9-12-21-32-22-13-10-18-26(7-3,8-4)20-15-16-24(28)29/h5-23H2,1-4H3,(H,28,29)(H2,27,30,31). The number of rotatable bonds is 23. The molecular weight excluding hydrogens is 438 g/mol. The molecule has 0 saturated heterocycles. The third-order valence-electron chi connectivity index (χ3n) is 7.98. The Morgan fingerprint density at radius 1 is 0.727 bits per heavy atom. The lowest BCUT2D eigenvalue weighted by Gasteiger charge is -2.32. The fourth-order valence-corrected chi connectivity index (χ4v) is 5.70. The van der Waals surface area contributed by atoms with Gasteiger partial charge in [0, 0.05) is 19.6 Å². The number of hydrogen-bond acceptors (Lipinski definition) is 4. The quantitative estimate of drug-likeness (QED) is 0.155. The SMILES string of the molecule is CCC(CC)(CCCCOCCCCC(CC)(CC)CCCC(=O)O)CCCCS(N)(=O)=O. The van der Waals surface area contributed by atoms with Gasteiger partial charge < -0.3 is 9.84 Å². The summed E-state index contributed by atoms with van der Waals surface area (Å²) in [7, 11) is -3.35. The van der Waals surface area contributed by atoms with Gasteiger partial charge in [0.2, 0.25) is 10.0 Å². The summed E-state index contributed by atoms with van der Waals surface area (Å²) in [6.45, 7) is 10.6. The van der Waals surface area contributed by atoms with Gasteiger partial charge in [0.1, 0.15) is 0 Å². The minimum atomic E-state index is -3.35. The predicted octanol–water partition coefficient (Wildman–Crippen LogP) is 6.67. The molecule has 0 aliphatic carbocycles. The van der Waals surface area contributed by atoms with E-state index >= 15 is 0 Å². The van der Waals surface area contributed by atoms with E-state index in [0.29, 0.717) is 11.8 Å². The lowest BCUT2D eigenvalue weighted by atomic mass is 9.74. The van der Waals surface area contributed by atoms with E-state index in [9.17, 15) is 13.2 Å². The summed E-state index contributed by atoms with van der Waals surface area (Å²) in [5.41, 5.74) is 0.593. The third kappa shape index (κ3) is 15.8. The van der Waals surface area contributed by atoms with E-state index in [-0.39, 0.29) is 17.6 Å². The zero-order chi connectivity index (χ0) is 25.2. The molecule has 0 aromatic carbocycles. The van der Waals surface area contributed by atoms with Gasteiger partial charge in [-0.15, -0.1) is 0 Å². The first kappa shape index (κ1) is 32.3. The topological polar surface area (TPSA) is 107 Å². The highest BCUT2D eigenvalue weighted by atomic mass is 32.2. The average molecular weight is 492 g/mol. The lowest BCUT2D eigenvalue weighted by Crippen LogP contribution is -2.21. The third-order valence-corrected chi connectivity index (χ3v) is 8.83. The Morgan fingerprint density at radius 3 is 1.48 bits per heavy atom. The van der Waals surface area contributed by atoms with Crippen LogP contribution in [0.2, 0.25) is 0 Å². The van der Waals surface area contributed by atoms with E-state index in [2.05, 4.69) is 27.7 Å². The molecular formula is C26H53NO5S. The van der Waals surface area contributed by atoms with Crippen molar-refractivity contribution >= 4 is 16.0 Å². The van der Waals surface area contributed by atoms with E-state index in [1.54, 1.807) is 0 Å². The van der Waals surface area contributed by atoms with Crippen LogP contribution >= 0.6 is 0 Å². The van der Waals surface area contributed by atoms with Crippen molar-refractivity contribution in [2.24, 2.45) is 16.0 Å². The Kier molecular flexibility index (Phi) is 17.4. The summed E-state index contributed by atoms with van der Waals surface area (Å²) in [5.74, 6) is -0.605. The van der Waals surface area contributed by atoms with Crippen molar-refractivity contribution < 1.29 is 23.1 Å². The van der Waals surface area contributed by atoms with Gasteiger partial charge in [0.05, 0.1) is 5.75 Å². The number of nitrogens with two attached hydrogens (primary N) is 1. The molecule has 0 aromatic rings. The highest BCUT2D eigenvalue weighted by Crippen LogP contribution is 2.39. The molecule has 0 heterocycles. The second-order valence-corrected chi connectivity index (χ2v) is 11.7. The maximum absolute atomic E-state index is 11.1. The maximum atomic E-state index is 11.1. The van der Waals surface area contributed by atoms with Crippen molar-refractivity contribution in [3.8, 4) is 0 Å². The summed E-state index contributed by atoms with van der Waals surface area (Å²) in [5, 5.41) is 14.0. The molecule has 0 radical (unpaired) electrons. The van der Waals surface area contributed by atoms with Gasteiger partial charge in [0.25, 0.3) is 0 Å². The van der Waals surface area contributed by atoms with Gasteiger partial charge in [-0.25, -0.2) is 13.6 Å². The van der Waals surface area contributed by atoms with E-state index < -0.39 is 16.0 Å². The van der Waals surface area contributed by atoms with Crippen LogP contribution in [0.25, 0.3) is 0 Å². The number of aliphatic carboxylic acids is 1. The summed E-state index contributed by atoms with van der Waals surface area (Å²) >= 11 is 0. The highest BCUT2D eigenvalue weighted by Gasteiger charge is 2.26. The predicted molar refractivity (Wildman–Crippen MR) is 138 cm³/mol. The minimum Gasteiger partial charge on any atom is -0.481 e. The molecule has 0 spiro atoms. The number of hydrogen-bond donors (Lipinski definition) is 2. The normalized spacial score (nSPS) is 12.9. The first-order valence-electron chi connectivity index (χ1n) is 13.4. The molecule has 0 saturated carbocycles. The van der Waals surface area contributed by atoms with Crippen LogP contribution in [0.5, 0.6) is 0 Å². The number of unbranched alkanes of at least 4 members (excludes halogenated alkanes) is 3. The molecule has 0 rings (SSSR count). The highest BCUT2D eigenvalue weighted by molar-refractivity contribution is 7.89. The monoisotopic (exact) mass is 491 g/mol. The second kappa shape index (κ2) is 17.7. The number of carbonyl (C=O) groups is 1. The minimum absolute atomic E-state index is 0.0876. The van der Waals surface area contributed by atoms with Crippen LogP contribution in [0.15, 0.2) is 0 Å². The maximum Gasteiger partial charge on any atom is 0.303 e. The lowest BCUT2D eigenvalue weighted by molar-refractivity contribution is -0.137. The van der Waals surface area contributed by atoms with Crippen LogP contribution in [0.4, 0.5) is 0 Å². The van der Waals surface area contributed by atoms with E-state index in [1.165, 1.54) is 6.42 Å². The first-order valence-corrected chi connectivity index (χ1v) is 15.1. The van der Waals surface area contributed by atoms with Gasteiger partial charge in [0.15, 0.2) is 0 Å². The summed E-state index contributed by atoms with van der Waals surface area (Å²) in [6.07, 6.45) is 15.9. The van der Waals surface area contributed by atoms with Gasteiger partial charge in [-0.1, -0.05) is 72.6 Å². The van der Waals surface area contributed by atoms with Crippen molar-refractivity contribution in [1.29, 1.82) is 0 Å². The Morgan fingerprint density at radius 2 is 1.12 bits per heavy atom. The van der Waals surface area contributed by atoms with Crippen LogP contribution < -0.4 is 5.14 Å². The second-order valence-electron chi connectivity index (χ2n) is 10.0. The Bertz CT molecular complexity index is 598. The molecule has 0 aliphatic heterocycles. The largest absolute Gasteiger partial charge is 0.481 e. The summed E-state index contributed by atoms with van der Waals surface area (Å²) in [6, 6.07) is 0. The van der Waals surface area contributed by atoms with E-state index in [0.717, 1.165) is 96.7 Å². The van der Waals surface area contributed by atoms with Crippen molar-refractivity contribution in [3.63, 3.8) is 0 Å². The fourth-order valence-electron chi connectivity index (χ4n) is 5.09. The van der Waals surface area contributed by atoms with Crippen molar-refractivity contribution in [2.75, 3.05) is 19.0 Å². The molecule has 6 nitrogen and oxygen atoms in total. The van der Waals surface area contributed by atoms with Gasteiger partial charge in [-0.3, -0.25) is 4.79 Å². The Labute approximate surface area is 204 Å². The molecule has 0 aliphatic rings. The molecule has 3 N–H and O–H groups in total. The molecule has 0 unspecified atom stereocenters. The van der Waals surface area contributed by atoms with Crippen LogP contribution in [-0.4, -0.2) is 38.5 Å². The zero-order valence-electron chi connectivity index (χ0n) is 22.0. The van der Waals surface area contributed by atoms with E-state index in [1.807, 2.05) is 0 Å². The molecule has 198 valence electrons. The first-order chi connectivity index (χ1) is 15.6. The van der Waals surface area contributed by atoms with Gasteiger partial charge >= 0.3 is 5.97 Å². The Hall–Kier alpha value is -0.660. The van der Waals surface area contributed by atoms with Crippen LogP contribution in [-0.2, 0) is 19.6 Å². The van der Waals surface area contributed by atoms with Gasteiger partial charge in [-0.05, 0) is 62.2 Å². The number of ether oxygens (including phenoxy) is 1. The molecule has 7 heteroatoms. The zero-order valence-corrected chi connectivity index (χ0v) is 22.8. The van der Waals surface area contributed by atoms with Crippen LogP contribution in [0.1, 0.15) is 130 Å². The van der Waals surface area contributed by atoms with Crippen molar-refractivity contribution in [1.82, 2.24) is 0 Å². The summed E-state index contributed by atoms with van der Waals surface area (Å²) in [4.78, 5) is 10.8. The number of sulfonamides is 1. The number of primary sulfonamides is 1. The molecule has 0 fully saturated rings. The van der Waals surface area contributed by atoms with Gasteiger partial charge in [-0.2, -0.15) is 0 Å². The molecule has 0 atom stereocenters. The molecule has 0 amide bonds. The fraction of sp³-hybridized carbons (Fsp3) is 0.962. The molecule has 33 heavy (non-hydrogen) atoms. The average Bonchev–Trinajstić information content (AvgIpc) is 2.77. The smallest absolute Gasteiger partial charge is 0.303 e.